The minimum absolute atomic E-state index is 0.0356. The summed E-state index contributed by atoms with van der Waals surface area (Å²) in [5, 5.41) is 12.8. The molecule has 0 aromatic heterocycles. The lowest BCUT2D eigenvalue weighted by Crippen LogP contribution is -2.43. The molecule has 0 spiro atoms. The molecule has 0 bridgehead atoms. The summed E-state index contributed by atoms with van der Waals surface area (Å²) in [6.07, 6.45) is 1.51. The van der Waals surface area contributed by atoms with Gasteiger partial charge in [0, 0.05) is 18.2 Å². The van der Waals surface area contributed by atoms with Gasteiger partial charge in [-0.2, -0.15) is 0 Å². The molecule has 2 N–H and O–H groups in total. The van der Waals surface area contributed by atoms with Gasteiger partial charge in [0.25, 0.3) is 5.91 Å². The number of nitrogens with zero attached hydrogens (tertiary/aromatic N) is 1. The van der Waals surface area contributed by atoms with Crippen molar-refractivity contribution in [3.63, 3.8) is 0 Å². The van der Waals surface area contributed by atoms with Gasteiger partial charge in [-0.25, -0.2) is 0 Å². The molecule has 1 amide bonds. The summed E-state index contributed by atoms with van der Waals surface area (Å²) in [4.78, 5) is 14.4. The number of benzene rings is 1. The lowest BCUT2D eigenvalue weighted by atomic mass is 9.98. The van der Waals surface area contributed by atoms with Crippen molar-refractivity contribution < 1.29 is 9.90 Å². The molecule has 0 fully saturated rings. The maximum Gasteiger partial charge on any atom is 0.251 e. The molecule has 1 atom stereocenters. The van der Waals surface area contributed by atoms with Crippen molar-refractivity contribution in [2.24, 2.45) is 5.92 Å². The van der Waals surface area contributed by atoms with Crippen LogP contribution in [0.4, 0.5) is 0 Å². The van der Waals surface area contributed by atoms with Crippen molar-refractivity contribution in [1.82, 2.24) is 10.2 Å². The fourth-order valence-corrected chi connectivity index (χ4v) is 2.59. The van der Waals surface area contributed by atoms with Crippen LogP contribution in [0.5, 0.6) is 0 Å². The SMILES string of the molecule is CC(C)C(CNC(=O)c1ccc(CCC(C)(C)O)cc1)N(C)C. The molecule has 1 aromatic rings. The van der Waals surface area contributed by atoms with Crippen molar-refractivity contribution in [2.45, 2.75) is 52.2 Å². The molecule has 0 heterocycles. The summed E-state index contributed by atoms with van der Waals surface area (Å²) in [5.41, 5.74) is 1.16. The summed E-state index contributed by atoms with van der Waals surface area (Å²) < 4.78 is 0. The Balaban J connectivity index is 2.57. The Labute approximate surface area is 140 Å². The third-order valence-electron chi connectivity index (χ3n) is 4.15. The van der Waals surface area contributed by atoms with Gasteiger partial charge < -0.3 is 15.3 Å². The second kappa shape index (κ2) is 8.46. The summed E-state index contributed by atoms with van der Waals surface area (Å²) in [7, 11) is 4.07. The van der Waals surface area contributed by atoms with E-state index < -0.39 is 5.60 Å². The predicted molar refractivity (Wildman–Crippen MR) is 95.7 cm³/mol. The Hall–Kier alpha value is -1.39. The first kappa shape index (κ1) is 19.7. The zero-order chi connectivity index (χ0) is 17.6. The third-order valence-corrected chi connectivity index (χ3v) is 4.15. The molecule has 1 unspecified atom stereocenters. The number of aliphatic hydroxyl groups is 1. The highest BCUT2D eigenvalue weighted by Crippen LogP contribution is 2.14. The van der Waals surface area contributed by atoms with Crippen LogP contribution in [0.3, 0.4) is 0 Å². The Kier molecular flexibility index (Phi) is 7.23. The van der Waals surface area contributed by atoms with E-state index in [0.717, 1.165) is 12.0 Å². The van der Waals surface area contributed by atoms with Crippen LogP contribution in [0.15, 0.2) is 24.3 Å². The van der Waals surface area contributed by atoms with Gasteiger partial charge in [0.05, 0.1) is 5.60 Å². The third kappa shape index (κ3) is 7.14. The molecule has 0 radical (unpaired) electrons. The maximum atomic E-state index is 12.3. The quantitative estimate of drug-likeness (QED) is 0.774. The van der Waals surface area contributed by atoms with E-state index in [4.69, 9.17) is 0 Å². The van der Waals surface area contributed by atoms with Gasteiger partial charge in [-0.15, -0.1) is 0 Å². The fourth-order valence-electron chi connectivity index (χ4n) is 2.59. The summed E-state index contributed by atoms with van der Waals surface area (Å²) in [6, 6.07) is 7.97. The van der Waals surface area contributed by atoms with Gasteiger partial charge in [-0.1, -0.05) is 26.0 Å². The van der Waals surface area contributed by atoms with E-state index in [2.05, 4.69) is 24.1 Å². The molecule has 0 saturated heterocycles. The minimum Gasteiger partial charge on any atom is -0.390 e. The predicted octanol–water partition coefficient (Wildman–Crippen LogP) is 2.71. The number of carbonyl (C=O) groups is 1. The van der Waals surface area contributed by atoms with E-state index in [1.807, 2.05) is 52.2 Å². The fraction of sp³-hybridized carbons (Fsp3) is 0.632. The first-order valence-corrected chi connectivity index (χ1v) is 8.36. The Morgan fingerprint density at radius 1 is 1.22 bits per heavy atom. The number of nitrogens with one attached hydrogen (secondary N) is 1. The molecular weight excluding hydrogens is 288 g/mol. The lowest BCUT2D eigenvalue weighted by molar-refractivity contribution is 0.0713. The Morgan fingerprint density at radius 3 is 2.22 bits per heavy atom. The maximum absolute atomic E-state index is 12.3. The smallest absolute Gasteiger partial charge is 0.251 e. The van der Waals surface area contributed by atoms with Crippen molar-refractivity contribution in [2.75, 3.05) is 20.6 Å². The molecule has 0 saturated carbocycles. The van der Waals surface area contributed by atoms with Gasteiger partial charge in [-0.05, 0) is 64.4 Å². The van der Waals surface area contributed by atoms with Crippen LogP contribution in [0.2, 0.25) is 0 Å². The lowest BCUT2D eigenvalue weighted by Gasteiger charge is -2.28. The van der Waals surface area contributed by atoms with Crippen LogP contribution in [0, 0.1) is 5.92 Å². The zero-order valence-corrected chi connectivity index (χ0v) is 15.4. The summed E-state index contributed by atoms with van der Waals surface area (Å²) in [6.45, 7) is 8.59. The monoisotopic (exact) mass is 320 g/mol. The van der Waals surface area contributed by atoms with E-state index in [0.29, 0.717) is 30.5 Å². The van der Waals surface area contributed by atoms with Crippen LogP contribution in [-0.2, 0) is 6.42 Å². The first-order valence-electron chi connectivity index (χ1n) is 8.36. The number of hydrogen-bond donors (Lipinski definition) is 2. The van der Waals surface area contributed by atoms with Crippen molar-refractivity contribution >= 4 is 5.91 Å². The number of rotatable bonds is 8. The van der Waals surface area contributed by atoms with Crippen molar-refractivity contribution in [3.8, 4) is 0 Å². The van der Waals surface area contributed by atoms with Gasteiger partial charge in [0.1, 0.15) is 0 Å². The molecule has 4 nitrogen and oxygen atoms in total. The van der Waals surface area contributed by atoms with Gasteiger partial charge in [0.15, 0.2) is 0 Å². The second-order valence-corrected chi connectivity index (χ2v) is 7.49. The normalized spacial score (nSPS) is 13.4. The largest absolute Gasteiger partial charge is 0.390 e. The molecule has 0 aliphatic rings. The molecule has 130 valence electrons. The highest BCUT2D eigenvalue weighted by molar-refractivity contribution is 5.94. The molecule has 1 aromatic carbocycles. The van der Waals surface area contributed by atoms with Crippen LogP contribution < -0.4 is 5.32 Å². The Morgan fingerprint density at radius 2 is 1.78 bits per heavy atom. The number of aryl methyl sites for hydroxylation is 1. The molecular formula is C19H32N2O2. The van der Waals surface area contributed by atoms with Crippen molar-refractivity contribution in [1.29, 1.82) is 0 Å². The van der Waals surface area contributed by atoms with Crippen LogP contribution >= 0.6 is 0 Å². The average molecular weight is 320 g/mol. The summed E-state index contributed by atoms with van der Waals surface area (Å²) >= 11 is 0. The number of likely N-dealkylation sites (N-methyl/N-ethyl adjacent to an activating group) is 1. The van der Waals surface area contributed by atoms with Crippen molar-refractivity contribution in [3.05, 3.63) is 35.4 Å². The molecule has 23 heavy (non-hydrogen) atoms. The standard InChI is InChI=1S/C19H32N2O2/c1-14(2)17(21(5)6)13-20-18(22)16-9-7-15(8-10-16)11-12-19(3,4)23/h7-10,14,17,23H,11-13H2,1-6H3,(H,20,22). The van der Waals surface area contributed by atoms with E-state index in [-0.39, 0.29) is 5.91 Å². The molecule has 4 heteroatoms. The number of hydrogen-bond acceptors (Lipinski definition) is 3. The average Bonchev–Trinajstić information content (AvgIpc) is 2.44. The second-order valence-electron chi connectivity index (χ2n) is 7.49. The number of carbonyl (C=O) groups excluding carboxylic acids is 1. The van der Waals surface area contributed by atoms with E-state index in [1.165, 1.54) is 0 Å². The topological polar surface area (TPSA) is 52.6 Å². The highest BCUT2D eigenvalue weighted by atomic mass is 16.3. The van der Waals surface area contributed by atoms with E-state index in [9.17, 15) is 9.90 Å². The van der Waals surface area contributed by atoms with E-state index >= 15 is 0 Å². The minimum atomic E-state index is -0.659. The van der Waals surface area contributed by atoms with Gasteiger partial charge in [0.2, 0.25) is 0 Å². The zero-order valence-electron chi connectivity index (χ0n) is 15.4. The molecule has 1 rings (SSSR count). The van der Waals surface area contributed by atoms with Crippen LogP contribution in [0.25, 0.3) is 0 Å². The number of amides is 1. The highest BCUT2D eigenvalue weighted by Gasteiger charge is 2.17. The summed E-state index contributed by atoms with van der Waals surface area (Å²) in [5.74, 6) is 0.445. The molecule has 0 aliphatic carbocycles. The van der Waals surface area contributed by atoms with Crippen LogP contribution in [0.1, 0.15) is 50.0 Å². The molecule has 0 aliphatic heterocycles. The van der Waals surface area contributed by atoms with Crippen LogP contribution in [-0.4, -0.2) is 48.2 Å². The van der Waals surface area contributed by atoms with E-state index in [1.54, 1.807) is 0 Å². The first-order chi connectivity index (χ1) is 10.6. The van der Waals surface area contributed by atoms with Gasteiger partial charge >= 0.3 is 0 Å². The van der Waals surface area contributed by atoms with Gasteiger partial charge in [-0.3, -0.25) is 4.79 Å². The Bertz CT molecular complexity index is 479.